The molecule has 0 saturated carbocycles. The molecule has 0 aliphatic carbocycles. The summed E-state index contributed by atoms with van der Waals surface area (Å²) in [7, 11) is -1.91. The zero-order valence-electron chi connectivity index (χ0n) is 28.8. The SMILES string of the molecule is Cc1cc2c3c(cc4c([Si](C)(C)C)cc5c6c(cc1c3c46)B1c3ccccc3-c3cc(C#N)cc-5c31)B1c3ccccc3-c3cc(C#N)cc-2c31. The molecule has 0 saturated heterocycles. The maximum atomic E-state index is 10.3. The summed E-state index contributed by atoms with van der Waals surface area (Å²) in [6, 6.07) is 41.4. The van der Waals surface area contributed by atoms with Gasteiger partial charge in [0.15, 0.2) is 0 Å². The van der Waals surface area contributed by atoms with Gasteiger partial charge in [0.2, 0.25) is 13.4 Å². The van der Waals surface area contributed by atoms with E-state index in [0.717, 1.165) is 5.56 Å². The molecule has 0 fully saturated rings. The number of fused-ring (bicyclic) bond motifs is 10. The highest BCUT2D eigenvalue weighted by atomic mass is 28.3. The molecule has 2 nitrogen and oxygen atoms in total. The van der Waals surface area contributed by atoms with Gasteiger partial charge < -0.3 is 0 Å². The van der Waals surface area contributed by atoms with Gasteiger partial charge in [0.1, 0.15) is 0 Å². The number of rotatable bonds is 1. The molecular weight excluding hydrogens is 630 g/mol. The summed E-state index contributed by atoms with van der Waals surface area (Å²) in [6.07, 6.45) is 0. The van der Waals surface area contributed by atoms with Crippen LogP contribution in [0.5, 0.6) is 0 Å². The normalized spacial score (nSPS) is 13.8. The summed E-state index contributed by atoms with van der Waals surface area (Å²) >= 11 is 0. The number of hydrogen-bond acceptors (Lipinski definition) is 2. The molecule has 8 aromatic carbocycles. The van der Waals surface area contributed by atoms with Crippen molar-refractivity contribution in [2.45, 2.75) is 26.6 Å². The van der Waals surface area contributed by atoms with Gasteiger partial charge in [0, 0.05) is 0 Å². The quantitative estimate of drug-likeness (QED) is 0.157. The molecule has 0 amide bonds. The zero-order chi connectivity index (χ0) is 34.2. The van der Waals surface area contributed by atoms with Crippen LogP contribution < -0.4 is 38.0 Å². The van der Waals surface area contributed by atoms with E-state index < -0.39 is 8.07 Å². The Hall–Kier alpha value is -5.87. The number of nitrogens with zero attached hydrogens (tertiary/aromatic N) is 2. The molecule has 8 aromatic rings. The molecule has 51 heavy (non-hydrogen) atoms. The van der Waals surface area contributed by atoms with Crippen molar-refractivity contribution in [3.05, 3.63) is 114 Å². The van der Waals surface area contributed by atoms with Crippen molar-refractivity contribution >= 4 is 91.8 Å². The first-order valence-electron chi connectivity index (χ1n) is 18.0. The van der Waals surface area contributed by atoms with E-state index in [2.05, 4.69) is 136 Å². The summed E-state index contributed by atoms with van der Waals surface area (Å²) < 4.78 is 0. The lowest BCUT2D eigenvalue weighted by atomic mass is 9.34. The Kier molecular flexibility index (Phi) is 4.86. The molecule has 5 heteroatoms. The van der Waals surface area contributed by atoms with Gasteiger partial charge in [-0.15, -0.1) is 0 Å². The van der Waals surface area contributed by atoms with Gasteiger partial charge in [0.05, 0.1) is 31.3 Å². The van der Waals surface area contributed by atoms with Crippen molar-refractivity contribution in [3.8, 4) is 56.6 Å². The summed E-state index contributed by atoms with van der Waals surface area (Å²) in [6.45, 7) is 9.96. The average molecular weight is 658 g/mol. The molecule has 0 radical (unpaired) electrons. The minimum absolute atomic E-state index is 0.116. The highest BCUT2D eigenvalue weighted by Crippen LogP contribution is 2.47. The molecule has 4 heterocycles. The number of hydrogen-bond donors (Lipinski definition) is 0. The fourth-order valence-corrected chi connectivity index (χ4v) is 12.4. The van der Waals surface area contributed by atoms with E-state index in [1.807, 2.05) is 0 Å². The molecule has 0 atom stereocenters. The Bertz CT molecular complexity index is 3110. The smallest absolute Gasteiger partial charge is 0.192 e. The summed E-state index contributed by atoms with van der Waals surface area (Å²) in [5.74, 6) is 0. The van der Waals surface area contributed by atoms with Crippen LogP contribution in [0, 0.1) is 29.6 Å². The lowest BCUT2D eigenvalue weighted by Crippen LogP contribution is -2.53. The molecule has 12 rings (SSSR count). The predicted octanol–water partition coefficient (Wildman–Crippen LogP) is 6.13. The molecular formula is C46H28B2N2Si. The van der Waals surface area contributed by atoms with Crippen molar-refractivity contribution in [3.63, 3.8) is 0 Å². The van der Waals surface area contributed by atoms with E-state index >= 15 is 0 Å². The fourth-order valence-electron chi connectivity index (χ4n) is 10.8. The van der Waals surface area contributed by atoms with Crippen LogP contribution in [0.4, 0.5) is 0 Å². The number of benzene rings is 8. The first kappa shape index (κ1) is 27.9. The zero-order valence-corrected chi connectivity index (χ0v) is 29.8. The third-order valence-electron chi connectivity index (χ3n) is 12.7. The molecule has 0 unspecified atom stereocenters. The Balaban J connectivity index is 1.34. The van der Waals surface area contributed by atoms with Crippen molar-refractivity contribution in [1.82, 2.24) is 0 Å². The van der Waals surface area contributed by atoms with Crippen molar-refractivity contribution < 1.29 is 0 Å². The average Bonchev–Trinajstić information content (AvgIpc) is 3.65. The van der Waals surface area contributed by atoms with Crippen LogP contribution in [0.1, 0.15) is 16.7 Å². The monoisotopic (exact) mass is 658 g/mol. The van der Waals surface area contributed by atoms with E-state index in [-0.39, 0.29) is 13.4 Å². The number of aryl methyl sites for hydroxylation is 1. The maximum Gasteiger partial charge on any atom is 0.244 e. The second-order valence-corrected chi connectivity index (χ2v) is 21.3. The van der Waals surface area contributed by atoms with Crippen LogP contribution in [0.3, 0.4) is 0 Å². The van der Waals surface area contributed by atoms with Gasteiger partial charge in [-0.05, 0) is 114 Å². The van der Waals surface area contributed by atoms with Gasteiger partial charge in [-0.25, -0.2) is 0 Å². The molecule has 0 N–H and O–H groups in total. The van der Waals surface area contributed by atoms with Gasteiger partial charge in [-0.2, -0.15) is 10.5 Å². The van der Waals surface area contributed by atoms with Crippen LogP contribution in [0.2, 0.25) is 19.6 Å². The minimum Gasteiger partial charge on any atom is -0.192 e. The molecule has 0 spiro atoms. The molecule has 0 bridgehead atoms. The lowest BCUT2D eigenvalue weighted by Gasteiger charge is -2.34. The van der Waals surface area contributed by atoms with E-state index in [4.69, 9.17) is 0 Å². The third kappa shape index (κ3) is 3.13. The first-order chi connectivity index (χ1) is 24.8. The minimum atomic E-state index is -1.91. The van der Waals surface area contributed by atoms with Gasteiger partial charge in [0.25, 0.3) is 0 Å². The maximum absolute atomic E-state index is 10.3. The predicted molar refractivity (Wildman–Crippen MR) is 218 cm³/mol. The highest BCUT2D eigenvalue weighted by Gasteiger charge is 2.45. The van der Waals surface area contributed by atoms with Crippen molar-refractivity contribution in [2.75, 3.05) is 0 Å². The largest absolute Gasteiger partial charge is 0.244 e. The lowest BCUT2D eigenvalue weighted by molar-refractivity contribution is 1.48. The van der Waals surface area contributed by atoms with Crippen LogP contribution >= 0.6 is 0 Å². The van der Waals surface area contributed by atoms with E-state index in [9.17, 15) is 10.5 Å². The summed E-state index contributed by atoms with van der Waals surface area (Å²) in [5.41, 5.74) is 20.7. The first-order valence-corrected chi connectivity index (χ1v) is 21.5. The number of nitriles is 2. The molecule has 232 valence electrons. The molecule has 4 aliphatic rings. The van der Waals surface area contributed by atoms with Gasteiger partial charge >= 0.3 is 0 Å². The van der Waals surface area contributed by atoms with Crippen molar-refractivity contribution in [2.24, 2.45) is 0 Å². The Morgan fingerprint density at radius 3 is 1.43 bits per heavy atom. The van der Waals surface area contributed by atoms with Crippen LogP contribution in [-0.2, 0) is 0 Å². The Labute approximate surface area is 298 Å². The topological polar surface area (TPSA) is 47.6 Å². The van der Waals surface area contributed by atoms with Crippen LogP contribution in [-0.4, -0.2) is 21.5 Å². The van der Waals surface area contributed by atoms with Crippen LogP contribution in [0.25, 0.3) is 76.8 Å². The van der Waals surface area contributed by atoms with E-state index in [1.165, 1.54) is 120 Å². The van der Waals surface area contributed by atoms with Gasteiger partial charge in [-0.3, -0.25) is 0 Å². The van der Waals surface area contributed by atoms with E-state index in [1.54, 1.807) is 0 Å². The molecule has 4 aliphatic heterocycles. The highest BCUT2D eigenvalue weighted by molar-refractivity contribution is 7.03. The third-order valence-corrected chi connectivity index (χ3v) is 14.7. The standard InChI is InChI=1S/C46H28B2N2Si/c1-23-13-29-33-16-24(21-49)14-31-26-9-6-8-12-37(26)48(45(31)33)39-19-35-40(51(2,3)4)20-30-34-17-25(22-50)15-32-27-10-5-7-11-36(27)47(46(32)34)38-18-28(23)43(41(29)39)44(35)42(30)38/h5-20H,1-4H3. The Morgan fingerprint density at radius 2 is 0.922 bits per heavy atom. The Morgan fingerprint density at radius 1 is 0.471 bits per heavy atom. The molecule has 0 aromatic heterocycles. The van der Waals surface area contributed by atoms with Crippen LogP contribution in [0.15, 0.2) is 97.1 Å². The van der Waals surface area contributed by atoms with Gasteiger partial charge in [-0.1, -0.05) is 130 Å². The second-order valence-electron chi connectivity index (χ2n) is 16.2. The summed E-state index contributed by atoms with van der Waals surface area (Å²) in [5, 5.41) is 30.2. The van der Waals surface area contributed by atoms with E-state index in [0.29, 0.717) is 5.56 Å². The van der Waals surface area contributed by atoms with Crippen molar-refractivity contribution in [1.29, 1.82) is 10.5 Å². The fraction of sp³-hybridized carbons (Fsp3) is 0.0870. The second kappa shape index (κ2) is 8.88. The summed E-state index contributed by atoms with van der Waals surface area (Å²) in [4.78, 5) is 0.